The molecule has 4 heteroatoms. The first-order valence-corrected chi connectivity index (χ1v) is 6.93. The van der Waals surface area contributed by atoms with Crippen molar-refractivity contribution in [2.75, 3.05) is 13.2 Å². The summed E-state index contributed by atoms with van der Waals surface area (Å²) in [4.78, 5) is 0. The van der Waals surface area contributed by atoms with Gasteiger partial charge in [0.1, 0.15) is 19.0 Å². The summed E-state index contributed by atoms with van der Waals surface area (Å²) in [5, 5.41) is 0. The fraction of sp³-hybridized carbons (Fsp3) is 0.600. The van der Waals surface area contributed by atoms with Crippen LogP contribution in [0.5, 0.6) is 11.5 Å². The molecule has 2 aliphatic rings. The second-order valence-corrected chi connectivity index (χ2v) is 5.28. The van der Waals surface area contributed by atoms with Gasteiger partial charge < -0.3 is 14.2 Å². The highest BCUT2D eigenvalue weighted by Gasteiger charge is 2.38. The zero-order chi connectivity index (χ0) is 13.4. The minimum Gasteiger partial charge on any atom is -0.486 e. The number of hydrogen-bond acceptors (Lipinski definition) is 3. The second kappa shape index (κ2) is 5.00. The summed E-state index contributed by atoms with van der Waals surface area (Å²) in [5.74, 6) is 1.06. The van der Waals surface area contributed by atoms with Gasteiger partial charge in [-0.2, -0.15) is 0 Å². The predicted molar refractivity (Wildman–Crippen MR) is 69.4 cm³/mol. The van der Waals surface area contributed by atoms with Gasteiger partial charge in [0.15, 0.2) is 11.5 Å². The molecule has 0 radical (unpaired) electrons. The molecule has 1 saturated heterocycles. The van der Waals surface area contributed by atoms with Crippen LogP contribution in [0.25, 0.3) is 0 Å². The van der Waals surface area contributed by atoms with E-state index in [0.29, 0.717) is 36.4 Å². The maximum Gasteiger partial charge on any atom is 0.164 e. The van der Waals surface area contributed by atoms with Crippen LogP contribution in [0.2, 0.25) is 0 Å². The van der Waals surface area contributed by atoms with Crippen molar-refractivity contribution in [3.05, 3.63) is 23.5 Å². The van der Waals surface area contributed by atoms with Crippen molar-refractivity contribution >= 4 is 0 Å². The Morgan fingerprint density at radius 1 is 1.21 bits per heavy atom. The highest BCUT2D eigenvalue weighted by molar-refractivity contribution is 5.45. The Labute approximate surface area is 112 Å². The molecule has 3 atom stereocenters. The summed E-state index contributed by atoms with van der Waals surface area (Å²) in [6.07, 6.45) is 2.53. The lowest BCUT2D eigenvalue weighted by atomic mass is 9.94. The molecule has 0 aliphatic carbocycles. The summed E-state index contributed by atoms with van der Waals surface area (Å²) in [5.41, 5.74) is 0.689. The Hall–Kier alpha value is -1.29. The third-order valence-corrected chi connectivity index (χ3v) is 3.87. The lowest BCUT2D eigenvalue weighted by Gasteiger charge is -2.21. The topological polar surface area (TPSA) is 31.0 Å². The van der Waals surface area contributed by atoms with Gasteiger partial charge in [0, 0.05) is 6.07 Å². The molecule has 1 fully saturated rings. The van der Waals surface area contributed by atoms with Gasteiger partial charge in [-0.05, 0) is 30.4 Å². The molecule has 0 aromatic heterocycles. The van der Waals surface area contributed by atoms with Crippen LogP contribution in [0.1, 0.15) is 38.2 Å². The summed E-state index contributed by atoms with van der Waals surface area (Å²) in [6, 6.07) is 3.21. The summed E-state index contributed by atoms with van der Waals surface area (Å²) in [6.45, 7) is 5.15. The van der Waals surface area contributed by atoms with Crippen LogP contribution >= 0.6 is 0 Å². The standard InChI is InChI=1S/C15H19FO3/c1-3-12-15(19-12)6-9(2)10-7-13-14(8-11(10)16)18-5-4-17-13/h7-9,12,15H,3-6H2,1-2H3. The lowest BCUT2D eigenvalue weighted by molar-refractivity contribution is 0.170. The molecular formula is C15H19FO3. The van der Waals surface area contributed by atoms with E-state index in [-0.39, 0.29) is 17.8 Å². The normalized spacial score (nSPS) is 26.1. The van der Waals surface area contributed by atoms with Gasteiger partial charge in [0.25, 0.3) is 0 Å². The molecule has 0 saturated carbocycles. The maximum atomic E-state index is 14.1. The van der Waals surface area contributed by atoms with Gasteiger partial charge in [-0.15, -0.1) is 0 Å². The van der Waals surface area contributed by atoms with E-state index < -0.39 is 0 Å². The average molecular weight is 266 g/mol. The van der Waals surface area contributed by atoms with Crippen LogP contribution in [0.3, 0.4) is 0 Å². The molecule has 1 aromatic carbocycles. The Kier molecular flexibility index (Phi) is 3.35. The molecule has 0 N–H and O–H groups in total. The Morgan fingerprint density at radius 2 is 1.89 bits per heavy atom. The van der Waals surface area contributed by atoms with Crippen molar-refractivity contribution < 1.29 is 18.6 Å². The van der Waals surface area contributed by atoms with Crippen LogP contribution in [0.15, 0.2) is 12.1 Å². The number of rotatable bonds is 4. The Bertz CT molecular complexity index is 475. The van der Waals surface area contributed by atoms with Crippen LogP contribution in [0.4, 0.5) is 4.39 Å². The molecule has 3 rings (SSSR count). The van der Waals surface area contributed by atoms with E-state index in [1.54, 1.807) is 6.07 Å². The highest BCUT2D eigenvalue weighted by atomic mass is 19.1. The largest absolute Gasteiger partial charge is 0.486 e. The van der Waals surface area contributed by atoms with Crippen molar-refractivity contribution in [3.63, 3.8) is 0 Å². The fourth-order valence-electron chi connectivity index (χ4n) is 2.68. The molecule has 19 heavy (non-hydrogen) atoms. The van der Waals surface area contributed by atoms with Gasteiger partial charge in [0.05, 0.1) is 12.2 Å². The Balaban J connectivity index is 1.76. The van der Waals surface area contributed by atoms with Crippen molar-refractivity contribution in [2.24, 2.45) is 0 Å². The maximum absolute atomic E-state index is 14.1. The molecule has 3 nitrogen and oxygen atoms in total. The van der Waals surface area contributed by atoms with Gasteiger partial charge >= 0.3 is 0 Å². The monoisotopic (exact) mass is 266 g/mol. The number of fused-ring (bicyclic) bond motifs is 1. The van der Waals surface area contributed by atoms with Crippen molar-refractivity contribution in [1.82, 2.24) is 0 Å². The van der Waals surface area contributed by atoms with Gasteiger partial charge in [-0.25, -0.2) is 4.39 Å². The number of halogens is 1. The van der Waals surface area contributed by atoms with Crippen molar-refractivity contribution in [2.45, 2.75) is 44.8 Å². The highest BCUT2D eigenvalue weighted by Crippen LogP contribution is 2.39. The molecule has 0 amide bonds. The Morgan fingerprint density at radius 3 is 2.53 bits per heavy atom. The quantitative estimate of drug-likeness (QED) is 0.784. The summed E-state index contributed by atoms with van der Waals surface area (Å²) in [7, 11) is 0. The molecule has 3 unspecified atom stereocenters. The number of ether oxygens (including phenoxy) is 3. The third-order valence-electron chi connectivity index (χ3n) is 3.87. The molecular weight excluding hydrogens is 247 g/mol. The molecule has 2 aliphatic heterocycles. The second-order valence-electron chi connectivity index (χ2n) is 5.28. The van der Waals surface area contributed by atoms with E-state index in [9.17, 15) is 4.39 Å². The lowest BCUT2D eigenvalue weighted by Crippen LogP contribution is -2.16. The van der Waals surface area contributed by atoms with Gasteiger partial charge in [0.2, 0.25) is 0 Å². The minimum absolute atomic E-state index is 0.123. The first-order valence-electron chi connectivity index (χ1n) is 6.93. The van der Waals surface area contributed by atoms with E-state index in [2.05, 4.69) is 6.92 Å². The zero-order valence-corrected chi connectivity index (χ0v) is 11.3. The SMILES string of the molecule is CCC1OC1CC(C)c1cc2c(cc1F)OCCO2. The smallest absolute Gasteiger partial charge is 0.164 e. The van der Waals surface area contributed by atoms with E-state index in [0.717, 1.165) is 12.8 Å². The third kappa shape index (κ3) is 2.54. The first-order chi connectivity index (χ1) is 9.19. The van der Waals surface area contributed by atoms with E-state index in [1.165, 1.54) is 6.07 Å². The van der Waals surface area contributed by atoms with Crippen LogP contribution in [-0.4, -0.2) is 25.4 Å². The van der Waals surface area contributed by atoms with E-state index >= 15 is 0 Å². The molecule has 2 heterocycles. The molecule has 104 valence electrons. The van der Waals surface area contributed by atoms with Crippen molar-refractivity contribution in [3.8, 4) is 11.5 Å². The van der Waals surface area contributed by atoms with E-state index in [1.807, 2.05) is 6.92 Å². The summed E-state index contributed by atoms with van der Waals surface area (Å²) < 4.78 is 30.5. The fourth-order valence-corrected chi connectivity index (χ4v) is 2.68. The van der Waals surface area contributed by atoms with E-state index in [4.69, 9.17) is 14.2 Å². The number of epoxide rings is 1. The van der Waals surface area contributed by atoms with Crippen molar-refractivity contribution in [1.29, 1.82) is 0 Å². The molecule has 1 aromatic rings. The average Bonchev–Trinajstić information content (AvgIpc) is 3.16. The summed E-state index contributed by atoms with van der Waals surface area (Å²) >= 11 is 0. The predicted octanol–water partition coefficient (Wildman–Crippen LogP) is 3.27. The number of benzene rings is 1. The van der Waals surface area contributed by atoms with Gasteiger partial charge in [-0.3, -0.25) is 0 Å². The molecule has 0 spiro atoms. The van der Waals surface area contributed by atoms with Crippen LogP contribution in [-0.2, 0) is 4.74 Å². The first kappa shape index (κ1) is 12.7. The van der Waals surface area contributed by atoms with Crippen LogP contribution < -0.4 is 9.47 Å². The van der Waals surface area contributed by atoms with Crippen LogP contribution in [0, 0.1) is 5.82 Å². The zero-order valence-electron chi connectivity index (χ0n) is 11.3. The van der Waals surface area contributed by atoms with Gasteiger partial charge in [-0.1, -0.05) is 13.8 Å². The molecule has 0 bridgehead atoms. The number of hydrogen-bond donors (Lipinski definition) is 0. The minimum atomic E-state index is -0.217.